The van der Waals surface area contributed by atoms with Crippen LogP contribution in [0.2, 0.25) is 0 Å². The average molecular weight is 463 g/mol. The SMILES string of the molecule is N#Cc1nc(-c2ccc3c(c2)c2cc4c(cc2n3-c2ccccc2)C2C=CC4O2)nc2ccccc12. The van der Waals surface area contributed by atoms with Crippen LogP contribution in [0.5, 0.6) is 0 Å². The third-order valence-corrected chi connectivity index (χ3v) is 7.32. The lowest BCUT2D eigenvalue weighted by molar-refractivity contribution is 0.0879. The fourth-order valence-electron chi connectivity index (χ4n) is 5.68. The largest absolute Gasteiger partial charge is 0.357 e. The minimum absolute atomic E-state index is 0.0229. The first kappa shape index (κ1) is 19.5. The standard InChI is InChI=1S/C31H18N4O/c32-17-26-20-8-4-5-9-25(20)33-31(34-26)18-10-11-27-21(14-18)22-15-23-24(30-13-12-29(23)36-30)16-28(22)35(27)19-6-2-1-3-7-19/h1-16,29-30H. The molecule has 0 N–H and O–H groups in total. The number of para-hydroxylation sites is 2. The minimum atomic E-state index is 0.0229. The van der Waals surface area contributed by atoms with Crippen LogP contribution in [0.1, 0.15) is 29.0 Å². The molecular weight excluding hydrogens is 444 g/mol. The minimum Gasteiger partial charge on any atom is -0.357 e. The first-order chi connectivity index (χ1) is 17.8. The second-order valence-electron chi connectivity index (χ2n) is 9.29. The van der Waals surface area contributed by atoms with E-state index in [0.29, 0.717) is 11.5 Å². The van der Waals surface area contributed by atoms with Crippen molar-refractivity contribution in [1.29, 1.82) is 5.26 Å². The van der Waals surface area contributed by atoms with Crippen molar-refractivity contribution in [3.8, 4) is 23.1 Å². The molecule has 0 radical (unpaired) electrons. The Morgan fingerprint density at radius 3 is 2.31 bits per heavy atom. The van der Waals surface area contributed by atoms with Crippen molar-refractivity contribution in [3.05, 3.63) is 114 Å². The van der Waals surface area contributed by atoms with Gasteiger partial charge in [-0.05, 0) is 65.7 Å². The second-order valence-corrected chi connectivity index (χ2v) is 9.29. The number of fused-ring (bicyclic) bond motifs is 9. The third kappa shape index (κ3) is 2.62. The van der Waals surface area contributed by atoms with E-state index < -0.39 is 0 Å². The Labute approximate surface area is 206 Å². The zero-order valence-electron chi connectivity index (χ0n) is 19.1. The second kappa shape index (κ2) is 7.11. The molecule has 0 saturated heterocycles. The highest BCUT2D eigenvalue weighted by atomic mass is 16.5. The maximum absolute atomic E-state index is 9.73. The number of aromatic nitrogens is 3. The van der Waals surface area contributed by atoms with Crippen molar-refractivity contribution < 1.29 is 4.74 Å². The van der Waals surface area contributed by atoms with E-state index in [9.17, 15) is 5.26 Å². The quantitative estimate of drug-likeness (QED) is 0.261. The molecule has 2 aliphatic heterocycles. The summed E-state index contributed by atoms with van der Waals surface area (Å²) in [6.07, 6.45) is 4.35. The predicted octanol–water partition coefficient (Wildman–Crippen LogP) is 6.95. The lowest BCUT2D eigenvalue weighted by Gasteiger charge is -2.11. The zero-order valence-corrected chi connectivity index (χ0v) is 19.1. The van der Waals surface area contributed by atoms with Gasteiger partial charge in [-0.15, -0.1) is 0 Å². The van der Waals surface area contributed by atoms with Gasteiger partial charge in [0.15, 0.2) is 11.5 Å². The van der Waals surface area contributed by atoms with Crippen LogP contribution in [0.15, 0.2) is 97.1 Å². The number of hydrogen-bond acceptors (Lipinski definition) is 4. The molecule has 2 bridgehead atoms. The van der Waals surface area contributed by atoms with Gasteiger partial charge in [-0.3, -0.25) is 0 Å². The summed E-state index contributed by atoms with van der Waals surface area (Å²) in [5.74, 6) is 0.555. The molecule has 4 heterocycles. The molecule has 2 aliphatic rings. The van der Waals surface area contributed by atoms with E-state index in [4.69, 9.17) is 9.72 Å². The molecule has 2 atom stereocenters. The molecule has 2 aromatic heterocycles. The normalized spacial score (nSPS) is 17.8. The molecule has 0 fully saturated rings. The summed E-state index contributed by atoms with van der Waals surface area (Å²) in [6, 6.07) is 31.2. The van der Waals surface area contributed by atoms with Gasteiger partial charge >= 0.3 is 0 Å². The molecule has 0 amide bonds. The topological polar surface area (TPSA) is 63.7 Å². The monoisotopic (exact) mass is 462 g/mol. The van der Waals surface area contributed by atoms with Crippen LogP contribution in [-0.4, -0.2) is 14.5 Å². The Balaban J connectivity index is 1.43. The molecule has 4 aromatic carbocycles. The van der Waals surface area contributed by atoms with Crippen LogP contribution in [0.25, 0.3) is 49.8 Å². The highest BCUT2D eigenvalue weighted by Gasteiger charge is 2.34. The van der Waals surface area contributed by atoms with Crippen molar-refractivity contribution in [2.24, 2.45) is 0 Å². The number of hydrogen-bond donors (Lipinski definition) is 0. The average Bonchev–Trinajstić information content (AvgIpc) is 3.64. The smallest absolute Gasteiger partial charge is 0.161 e. The summed E-state index contributed by atoms with van der Waals surface area (Å²) in [5.41, 5.74) is 7.89. The van der Waals surface area contributed by atoms with E-state index in [2.05, 4.69) is 76.3 Å². The van der Waals surface area contributed by atoms with Gasteiger partial charge in [0.2, 0.25) is 0 Å². The highest BCUT2D eigenvalue weighted by Crippen LogP contribution is 2.48. The van der Waals surface area contributed by atoms with Crippen molar-refractivity contribution in [3.63, 3.8) is 0 Å². The van der Waals surface area contributed by atoms with E-state index in [0.717, 1.165) is 38.6 Å². The Morgan fingerprint density at radius 1 is 0.722 bits per heavy atom. The van der Waals surface area contributed by atoms with Crippen molar-refractivity contribution in [2.45, 2.75) is 12.2 Å². The van der Waals surface area contributed by atoms with Gasteiger partial charge in [-0.25, -0.2) is 9.97 Å². The van der Waals surface area contributed by atoms with Gasteiger partial charge in [-0.1, -0.05) is 42.5 Å². The van der Waals surface area contributed by atoms with Gasteiger partial charge in [0.05, 0.1) is 16.6 Å². The lowest BCUT2D eigenvalue weighted by atomic mass is 9.94. The summed E-state index contributed by atoms with van der Waals surface area (Å²) in [6.45, 7) is 0. The third-order valence-electron chi connectivity index (χ3n) is 7.32. The molecule has 5 nitrogen and oxygen atoms in total. The van der Waals surface area contributed by atoms with Gasteiger partial charge in [0.25, 0.3) is 0 Å². The first-order valence-corrected chi connectivity index (χ1v) is 12.0. The number of nitrogens with zero attached hydrogens (tertiary/aromatic N) is 4. The van der Waals surface area contributed by atoms with E-state index in [-0.39, 0.29) is 12.2 Å². The van der Waals surface area contributed by atoms with E-state index in [1.165, 1.54) is 16.5 Å². The summed E-state index contributed by atoms with van der Waals surface area (Å²) >= 11 is 0. The summed E-state index contributed by atoms with van der Waals surface area (Å²) < 4.78 is 8.44. The summed E-state index contributed by atoms with van der Waals surface area (Å²) in [7, 11) is 0. The molecule has 0 spiro atoms. The molecule has 2 unspecified atom stereocenters. The fourth-order valence-corrected chi connectivity index (χ4v) is 5.68. The Kier molecular flexibility index (Phi) is 3.85. The lowest BCUT2D eigenvalue weighted by Crippen LogP contribution is -1.97. The molecule has 8 rings (SSSR count). The van der Waals surface area contributed by atoms with Crippen LogP contribution >= 0.6 is 0 Å². The maximum Gasteiger partial charge on any atom is 0.161 e. The zero-order chi connectivity index (χ0) is 23.8. The molecule has 0 aliphatic carbocycles. The van der Waals surface area contributed by atoms with Crippen molar-refractivity contribution in [1.82, 2.24) is 14.5 Å². The summed E-state index contributed by atoms with van der Waals surface area (Å²) in [4.78, 5) is 9.42. The van der Waals surface area contributed by atoms with Gasteiger partial charge < -0.3 is 9.30 Å². The van der Waals surface area contributed by atoms with Crippen LogP contribution in [0, 0.1) is 11.3 Å². The van der Waals surface area contributed by atoms with Gasteiger partial charge in [0.1, 0.15) is 18.3 Å². The van der Waals surface area contributed by atoms with Crippen LogP contribution in [-0.2, 0) is 4.74 Å². The first-order valence-electron chi connectivity index (χ1n) is 12.0. The Bertz CT molecular complexity index is 1950. The highest BCUT2D eigenvalue weighted by molar-refractivity contribution is 6.11. The number of ether oxygens (including phenoxy) is 1. The molecular formula is C31H18N4O. The van der Waals surface area contributed by atoms with Crippen LogP contribution in [0.4, 0.5) is 0 Å². The van der Waals surface area contributed by atoms with Gasteiger partial charge in [0, 0.05) is 27.4 Å². The predicted molar refractivity (Wildman–Crippen MR) is 140 cm³/mol. The van der Waals surface area contributed by atoms with Crippen LogP contribution < -0.4 is 0 Å². The number of rotatable bonds is 2. The van der Waals surface area contributed by atoms with E-state index >= 15 is 0 Å². The molecule has 6 aromatic rings. The number of nitriles is 1. The molecule has 0 saturated carbocycles. The fraction of sp³-hybridized carbons (Fsp3) is 0.0645. The molecule has 5 heteroatoms. The van der Waals surface area contributed by atoms with Crippen molar-refractivity contribution in [2.75, 3.05) is 0 Å². The van der Waals surface area contributed by atoms with E-state index in [1.807, 2.05) is 36.4 Å². The summed E-state index contributed by atoms with van der Waals surface area (Å²) in [5, 5.41) is 12.8. The van der Waals surface area contributed by atoms with E-state index in [1.54, 1.807) is 0 Å². The molecule has 168 valence electrons. The van der Waals surface area contributed by atoms with Gasteiger partial charge in [-0.2, -0.15) is 5.26 Å². The maximum atomic E-state index is 9.73. The number of benzene rings is 4. The van der Waals surface area contributed by atoms with Crippen LogP contribution in [0.3, 0.4) is 0 Å². The Hall–Kier alpha value is -4.79. The van der Waals surface area contributed by atoms with Crippen molar-refractivity contribution >= 4 is 32.7 Å². The Morgan fingerprint density at radius 2 is 1.47 bits per heavy atom. The molecule has 36 heavy (non-hydrogen) atoms.